The average Bonchev–Trinajstić information content (AvgIpc) is 2.26. The van der Waals surface area contributed by atoms with Crippen LogP contribution in [0.3, 0.4) is 0 Å². The topological polar surface area (TPSA) is 75.6 Å². The Labute approximate surface area is 105 Å². The SMILES string of the molecule is COc1ccc(S(=O)(=O)NC2CC(O)C2)cc1F. The van der Waals surface area contributed by atoms with Crippen molar-refractivity contribution in [1.29, 1.82) is 0 Å². The number of hydrogen-bond donors (Lipinski definition) is 2. The second-order valence-corrected chi connectivity index (χ2v) is 5.95. The molecule has 1 saturated carbocycles. The summed E-state index contributed by atoms with van der Waals surface area (Å²) in [5.74, 6) is -0.734. The Balaban J connectivity index is 2.16. The Morgan fingerprint density at radius 1 is 1.44 bits per heavy atom. The average molecular weight is 275 g/mol. The molecule has 0 amide bonds. The molecule has 1 aliphatic rings. The number of ether oxygens (including phenoxy) is 1. The van der Waals surface area contributed by atoms with Gasteiger partial charge in [-0.25, -0.2) is 17.5 Å². The van der Waals surface area contributed by atoms with Gasteiger partial charge in [-0.15, -0.1) is 0 Å². The molecule has 0 saturated heterocycles. The predicted molar refractivity (Wildman–Crippen MR) is 62.3 cm³/mol. The van der Waals surface area contributed by atoms with E-state index in [0.717, 1.165) is 6.07 Å². The van der Waals surface area contributed by atoms with Crippen molar-refractivity contribution < 1.29 is 22.7 Å². The van der Waals surface area contributed by atoms with Gasteiger partial charge >= 0.3 is 0 Å². The van der Waals surface area contributed by atoms with Gasteiger partial charge in [-0.05, 0) is 31.0 Å². The lowest BCUT2D eigenvalue weighted by atomic mass is 9.91. The highest BCUT2D eigenvalue weighted by atomic mass is 32.2. The van der Waals surface area contributed by atoms with Crippen molar-refractivity contribution >= 4 is 10.0 Å². The quantitative estimate of drug-likeness (QED) is 0.845. The van der Waals surface area contributed by atoms with Crippen molar-refractivity contribution in [2.75, 3.05) is 7.11 Å². The standard InChI is InChI=1S/C11H14FNO4S/c1-17-11-3-2-9(6-10(11)12)18(15,16)13-7-4-8(14)5-7/h2-3,6-8,13-14H,4-5H2,1H3. The maximum absolute atomic E-state index is 13.4. The second kappa shape index (κ2) is 4.83. The van der Waals surface area contributed by atoms with Crippen molar-refractivity contribution in [3.05, 3.63) is 24.0 Å². The molecule has 1 aliphatic carbocycles. The number of nitrogens with one attached hydrogen (secondary N) is 1. The Morgan fingerprint density at radius 3 is 2.61 bits per heavy atom. The van der Waals surface area contributed by atoms with E-state index in [-0.39, 0.29) is 16.7 Å². The summed E-state index contributed by atoms with van der Waals surface area (Å²) < 4.78 is 44.3. The maximum Gasteiger partial charge on any atom is 0.240 e. The van der Waals surface area contributed by atoms with Gasteiger partial charge in [-0.1, -0.05) is 0 Å². The molecule has 0 bridgehead atoms. The van der Waals surface area contributed by atoms with Crippen molar-refractivity contribution in [1.82, 2.24) is 4.72 Å². The lowest BCUT2D eigenvalue weighted by Gasteiger charge is -2.31. The summed E-state index contributed by atoms with van der Waals surface area (Å²) in [5.41, 5.74) is 0. The first kappa shape index (κ1) is 13.3. The van der Waals surface area contributed by atoms with Crippen LogP contribution in [0.25, 0.3) is 0 Å². The minimum atomic E-state index is -3.75. The van der Waals surface area contributed by atoms with Crippen molar-refractivity contribution in [3.8, 4) is 5.75 Å². The summed E-state index contributed by atoms with van der Waals surface area (Å²) in [7, 11) is -2.44. The van der Waals surface area contributed by atoms with Crippen LogP contribution in [0.15, 0.2) is 23.1 Å². The highest BCUT2D eigenvalue weighted by Crippen LogP contribution is 2.24. The molecule has 0 aliphatic heterocycles. The van der Waals surface area contributed by atoms with Gasteiger partial charge in [0.05, 0.1) is 18.1 Å². The largest absolute Gasteiger partial charge is 0.494 e. The number of rotatable bonds is 4. The number of halogens is 1. The van der Waals surface area contributed by atoms with Crippen LogP contribution in [0, 0.1) is 5.82 Å². The number of sulfonamides is 1. The number of benzene rings is 1. The molecule has 0 heterocycles. The molecular formula is C11H14FNO4S. The van der Waals surface area contributed by atoms with Crippen LogP contribution in [0.2, 0.25) is 0 Å². The zero-order chi connectivity index (χ0) is 13.3. The zero-order valence-electron chi connectivity index (χ0n) is 9.76. The van der Waals surface area contributed by atoms with E-state index in [2.05, 4.69) is 4.72 Å². The predicted octanol–water partition coefficient (Wildman–Crippen LogP) is 0.636. The Morgan fingerprint density at radius 2 is 2.11 bits per heavy atom. The van der Waals surface area contributed by atoms with Crippen LogP contribution < -0.4 is 9.46 Å². The van der Waals surface area contributed by atoms with E-state index in [1.165, 1.54) is 19.2 Å². The van der Waals surface area contributed by atoms with Gasteiger partial charge in [-0.2, -0.15) is 0 Å². The minimum absolute atomic E-state index is 0.00647. The molecule has 1 aromatic carbocycles. The first-order valence-electron chi connectivity index (χ1n) is 5.46. The second-order valence-electron chi connectivity index (χ2n) is 4.24. The van der Waals surface area contributed by atoms with Crippen LogP contribution in [0.1, 0.15) is 12.8 Å². The third-order valence-electron chi connectivity index (χ3n) is 2.87. The molecule has 1 aromatic rings. The van der Waals surface area contributed by atoms with Gasteiger partial charge < -0.3 is 9.84 Å². The minimum Gasteiger partial charge on any atom is -0.494 e. The number of aliphatic hydroxyl groups excluding tert-OH is 1. The summed E-state index contributed by atoms with van der Waals surface area (Å²) in [6, 6.07) is 3.17. The van der Waals surface area contributed by atoms with Crippen LogP contribution >= 0.6 is 0 Å². The molecule has 18 heavy (non-hydrogen) atoms. The first-order valence-corrected chi connectivity index (χ1v) is 6.94. The molecule has 0 atom stereocenters. The van der Waals surface area contributed by atoms with E-state index in [9.17, 15) is 12.8 Å². The Bertz CT molecular complexity index is 540. The molecule has 0 aromatic heterocycles. The van der Waals surface area contributed by atoms with Crippen LogP contribution in [0.5, 0.6) is 5.75 Å². The summed E-state index contributed by atoms with van der Waals surface area (Å²) in [4.78, 5) is -0.151. The maximum atomic E-state index is 13.4. The summed E-state index contributed by atoms with van der Waals surface area (Å²) in [6.45, 7) is 0. The summed E-state index contributed by atoms with van der Waals surface area (Å²) in [6.07, 6.45) is 0.320. The molecule has 0 spiro atoms. The van der Waals surface area contributed by atoms with E-state index in [1.54, 1.807) is 0 Å². The molecule has 100 valence electrons. The van der Waals surface area contributed by atoms with E-state index in [4.69, 9.17) is 9.84 Å². The van der Waals surface area contributed by atoms with E-state index in [1.807, 2.05) is 0 Å². The molecule has 0 radical (unpaired) electrons. The van der Waals surface area contributed by atoms with Crippen molar-refractivity contribution in [3.63, 3.8) is 0 Å². The molecule has 0 unspecified atom stereocenters. The fraction of sp³-hybridized carbons (Fsp3) is 0.455. The molecule has 1 fully saturated rings. The van der Waals surface area contributed by atoms with Crippen molar-refractivity contribution in [2.45, 2.75) is 29.9 Å². The van der Waals surface area contributed by atoms with Crippen LogP contribution in [-0.4, -0.2) is 32.8 Å². The van der Waals surface area contributed by atoms with Gasteiger partial charge in [0.2, 0.25) is 10.0 Å². The van der Waals surface area contributed by atoms with Gasteiger partial charge in [0.1, 0.15) is 0 Å². The molecule has 2 rings (SSSR count). The van der Waals surface area contributed by atoms with E-state index >= 15 is 0 Å². The van der Waals surface area contributed by atoms with Gasteiger partial charge in [0, 0.05) is 6.04 Å². The fourth-order valence-corrected chi connectivity index (χ4v) is 3.06. The molecular weight excluding hydrogens is 261 g/mol. The third-order valence-corrected chi connectivity index (χ3v) is 4.39. The molecule has 7 heteroatoms. The van der Waals surface area contributed by atoms with Crippen molar-refractivity contribution in [2.24, 2.45) is 0 Å². The molecule has 5 nitrogen and oxygen atoms in total. The van der Waals surface area contributed by atoms with E-state index < -0.39 is 21.9 Å². The van der Waals surface area contributed by atoms with E-state index in [0.29, 0.717) is 12.8 Å². The highest BCUT2D eigenvalue weighted by Gasteiger charge is 2.31. The Kier molecular flexibility index (Phi) is 3.56. The van der Waals surface area contributed by atoms with Gasteiger partial charge in [-0.3, -0.25) is 0 Å². The Hall–Kier alpha value is -1.18. The smallest absolute Gasteiger partial charge is 0.240 e. The lowest BCUT2D eigenvalue weighted by molar-refractivity contribution is 0.0712. The van der Waals surface area contributed by atoms with Gasteiger partial charge in [0.15, 0.2) is 11.6 Å². The van der Waals surface area contributed by atoms with Gasteiger partial charge in [0.25, 0.3) is 0 Å². The summed E-state index contributed by atoms with van der Waals surface area (Å²) >= 11 is 0. The van der Waals surface area contributed by atoms with Crippen LogP contribution in [0.4, 0.5) is 4.39 Å². The third kappa shape index (κ3) is 2.63. The first-order chi connectivity index (χ1) is 8.42. The van der Waals surface area contributed by atoms with Crippen LogP contribution in [-0.2, 0) is 10.0 Å². The molecule has 2 N–H and O–H groups in total. The summed E-state index contributed by atoms with van der Waals surface area (Å²) in [5, 5.41) is 9.09. The number of methoxy groups -OCH3 is 1. The number of hydrogen-bond acceptors (Lipinski definition) is 4. The normalized spacial score (nSPS) is 23.5. The fourth-order valence-electron chi connectivity index (χ4n) is 1.79. The highest BCUT2D eigenvalue weighted by molar-refractivity contribution is 7.89. The number of aliphatic hydroxyl groups is 1. The monoisotopic (exact) mass is 275 g/mol. The zero-order valence-corrected chi connectivity index (χ0v) is 10.6. The lowest BCUT2D eigenvalue weighted by Crippen LogP contribution is -2.46.